The number of hydrogen-bond donors (Lipinski definition) is 1. The molecule has 0 spiro atoms. The molecule has 0 amide bonds. The third-order valence-corrected chi connectivity index (χ3v) is 4.40. The van der Waals surface area contributed by atoms with E-state index in [0.29, 0.717) is 27.3 Å². The first kappa shape index (κ1) is 19.7. The summed E-state index contributed by atoms with van der Waals surface area (Å²) >= 11 is 19.0. The minimum Gasteiger partial charge on any atom is -0.381 e. The standard InChI is InChI=1S/C18H21Cl3N4/c1-24(2)11-23-18-16(20)7-13(8-17(18)21)22-10-12-5-6-14(25(3)4)9-15(12)19/h5-9,11,22H,10H2,1-4H3. The van der Waals surface area contributed by atoms with Gasteiger partial charge in [0.2, 0.25) is 0 Å². The van der Waals surface area contributed by atoms with Gasteiger partial charge in [-0.25, -0.2) is 4.99 Å². The van der Waals surface area contributed by atoms with Crippen LogP contribution < -0.4 is 10.2 Å². The van der Waals surface area contributed by atoms with E-state index in [0.717, 1.165) is 16.9 Å². The van der Waals surface area contributed by atoms with Crippen LogP contribution >= 0.6 is 34.8 Å². The molecule has 4 nitrogen and oxygen atoms in total. The van der Waals surface area contributed by atoms with Crippen molar-refractivity contribution in [2.24, 2.45) is 4.99 Å². The Morgan fingerprint density at radius 2 is 1.60 bits per heavy atom. The van der Waals surface area contributed by atoms with Crippen LogP contribution in [0.2, 0.25) is 15.1 Å². The van der Waals surface area contributed by atoms with Crippen LogP contribution in [0.15, 0.2) is 35.3 Å². The fraction of sp³-hybridized carbons (Fsp3) is 0.278. The van der Waals surface area contributed by atoms with Gasteiger partial charge in [0.15, 0.2) is 0 Å². The number of aliphatic imine (C=N–C) groups is 1. The van der Waals surface area contributed by atoms with Crippen molar-refractivity contribution in [1.29, 1.82) is 0 Å². The summed E-state index contributed by atoms with van der Waals surface area (Å²) in [4.78, 5) is 8.12. The minimum absolute atomic E-state index is 0.488. The summed E-state index contributed by atoms with van der Waals surface area (Å²) in [6.07, 6.45) is 1.66. The largest absolute Gasteiger partial charge is 0.381 e. The van der Waals surface area contributed by atoms with Crippen LogP contribution in [0.5, 0.6) is 0 Å². The van der Waals surface area contributed by atoms with Gasteiger partial charge in [-0.3, -0.25) is 0 Å². The Morgan fingerprint density at radius 3 is 2.12 bits per heavy atom. The van der Waals surface area contributed by atoms with Crippen LogP contribution in [-0.2, 0) is 6.54 Å². The van der Waals surface area contributed by atoms with Crippen molar-refractivity contribution in [2.45, 2.75) is 6.54 Å². The van der Waals surface area contributed by atoms with Crippen molar-refractivity contribution in [3.8, 4) is 0 Å². The summed E-state index contributed by atoms with van der Waals surface area (Å²) in [5.74, 6) is 0. The van der Waals surface area contributed by atoms with Crippen molar-refractivity contribution >= 4 is 58.2 Å². The fourth-order valence-electron chi connectivity index (χ4n) is 2.12. The van der Waals surface area contributed by atoms with E-state index < -0.39 is 0 Å². The molecular weight excluding hydrogens is 379 g/mol. The quantitative estimate of drug-likeness (QED) is 0.510. The highest BCUT2D eigenvalue weighted by atomic mass is 35.5. The second-order valence-electron chi connectivity index (χ2n) is 6.02. The van der Waals surface area contributed by atoms with Crippen LogP contribution in [0, 0.1) is 0 Å². The minimum atomic E-state index is 0.488. The lowest BCUT2D eigenvalue weighted by atomic mass is 10.2. The van der Waals surface area contributed by atoms with E-state index in [4.69, 9.17) is 34.8 Å². The van der Waals surface area contributed by atoms with E-state index in [2.05, 4.69) is 10.3 Å². The molecule has 134 valence electrons. The summed E-state index contributed by atoms with van der Waals surface area (Å²) in [7, 11) is 7.72. The smallest absolute Gasteiger partial charge is 0.102 e. The molecule has 25 heavy (non-hydrogen) atoms. The summed E-state index contributed by atoms with van der Waals surface area (Å²) in [5, 5.41) is 4.98. The van der Waals surface area contributed by atoms with Gasteiger partial charge in [-0.05, 0) is 29.8 Å². The maximum Gasteiger partial charge on any atom is 0.102 e. The van der Waals surface area contributed by atoms with E-state index in [1.807, 2.05) is 56.2 Å². The lowest BCUT2D eigenvalue weighted by Gasteiger charge is -2.15. The van der Waals surface area contributed by atoms with Gasteiger partial charge in [0, 0.05) is 51.1 Å². The number of anilines is 2. The zero-order valence-corrected chi connectivity index (χ0v) is 16.9. The Kier molecular flexibility index (Phi) is 6.82. The first-order valence-corrected chi connectivity index (χ1v) is 8.80. The molecule has 0 saturated heterocycles. The summed E-state index contributed by atoms with van der Waals surface area (Å²) in [5.41, 5.74) is 3.42. The van der Waals surface area contributed by atoms with Crippen molar-refractivity contribution in [1.82, 2.24) is 4.90 Å². The van der Waals surface area contributed by atoms with Crippen LogP contribution in [0.4, 0.5) is 17.1 Å². The first-order chi connectivity index (χ1) is 11.8. The molecule has 0 aliphatic carbocycles. The van der Waals surface area contributed by atoms with E-state index in [1.54, 1.807) is 18.5 Å². The van der Waals surface area contributed by atoms with Gasteiger partial charge in [0.25, 0.3) is 0 Å². The van der Waals surface area contributed by atoms with Gasteiger partial charge in [-0.1, -0.05) is 40.9 Å². The molecule has 0 aliphatic rings. The molecule has 0 heterocycles. The Morgan fingerprint density at radius 1 is 0.960 bits per heavy atom. The Labute approximate surface area is 164 Å². The topological polar surface area (TPSA) is 30.9 Å². The molecule has 0 unspecified atom stereocenters. The number of benzene rings is 2. The van der Waals surface area contributed by atoms with Crippen molar-refractivity contribution in [2.75, 3.05) is 38.4 Å². The van der Waals surface area contributed by atoms with Crippen molar-refractivity contribution in [3.63, 3.8) is 0 Å². The highest BCUT2D eigenvalue weighted by Crippen LogP contribution is 2.36. The molecular formula is C18H21Cl3N4. The molecule has 2 rings (SSSR count). The molecule has 2 aromatic rings. The monoisotopic (exact) mass is 398 g/mol. The van der Waals surface area contributed by atoms with Gasteiger partial charge >= 0.3 is 0 Å². The lowest BCUT2D eigenvalue weighted by Crippen LogP contribution is -2.09. The molecule has 0 aliphatic heterocycles. The molecule has 1 N–H and O–H groups in total. The molecule has 0 aromatic heterocycles. The average molecular weight is 400 g/mol. The predicted octanol–water partition coefficient (Wildman–Crippen LogP) is 5.55. The maximum atomic E-state index is 6.36. The van der Waals surface area contributed by atoms with Crippen molar-refractivity contribution in [3.05, 3.63) is 51.0 Å². The molecule has 7 heteroatoms. The molecule has 0 atom stereocenters. The van der Waals surface area contributed by atoms with Crippen LogP contribution in [-0.4, -0.2) is 39.4 Å². The number of nitrogens with zero attached hydrogens (tertiary/aromatic N) is 3. The highest BCUT2D eigenvalue weighted by Gasteiger charge is 2.09. The summed E-state index contributed by atoms with van der Waals surface area (Å²) < 4.78 is 0. The van der Waals surface area contributed by atoms with Gasteiger partial charge in [0.05, 0.1) is 16.4 Å². The Hall–Kier alpha value is -1.62. The normalized spacial score (nSPS) is 11.0. The Bertz CT molecular complexity index is 750. The average Bonchev–Trinajstić information content (AvgIpc) is 2.52. The Balaban J connectivity index is 2.14. The van der Waals surface area contributed by atoms with Crippen molar-refractivity contribution < 1.29 is 0 Å². The molecule has 2 aromatic carbocycles. The van der Waals surface area contributed by atoms with Gasteiger partial charge in [-0.2, -0.15) is 0 Å². The second kappa shape index (κ2) is 8.65. The van der Waals surface area contributed by atoms with Gasteiger partial charge in [0.1, 0.15) is 5.69 Å². The van der Waals surface area contributed by atoms with Gasteiger partial charge < -0.3 is 15.1 Å². The fourth-order valence-corrected chi connectivity index (χ4v) is 2.95. The summed E-state index contributed by atoms with van der Waals surface area (Å²) in [6, 6.07) is 9.58. The maximum absolute atomic E-state index is 6.36. The first-order valence-electron chi connectivity index (χ1n) is 7.67. The third kappa shape index (κ3) is 5.43. The van der Waals surface area contributed by atoms with Crippen LogP contribution in [0.1, 0.15) is 5.56 Å². The zero-order chi connectivity index (χ0) is 18.6. The lowest BCUT2D eigenvalue weighted by molar-refractivity contribution is 0.643. The number of rotatable bonds is 6. The van der Waals surface area contributed by atoms with E-state index in [-0.39, 0.29) is 0 Å². The molecule has 0 saturated carbocycles. The predicted molar refractivity (Wildman–Crippen MR) is 111 cm³/mol. The molecule has 0 fully saturated rings. The second-order valence-corrected chi connectivity index (χ2v) is 7.24. The number of hydrogen-bond acceptors (Lipinski definition) is 3. The van der Waals surface area contributed by atoms with E-state index in [9.17, 15) is 0 Å². The van der Waals surface area contributed by atoms with Crippen LogP contribution in [0.25, 0.3) is 0 Å². The highest BCUT2D eigenvalue weighted by molar-refractivity contribution is 6.39. The van der Waals surface area contributed by atoms with Crippen LogP contribution in [0.3, 0.4) is 0 Å². The summed E-state index contributed by atoms with van der Waals surface area (Å²) in [6.45, 7) is 0.569. The molecule has 0 radical (unpaired) electrons. The van der Waals surface area contributed by atoms with Gasteiger partial charge in [-0.15, -0.1) is 0 Å². The van der Waals surface area contributed by atoms with E-state index in [1.165, 1.54) is 0 Å². The molecule has 0 bridgehead atoms. The zero-order valence-electron chi connectivity index (χ0n) is 14.6. The number of nitrogens with one attached hydrogen (secondary N) is 1. The number of halogens is 3. The third-order valence-electron chi connectivity index (χ3n) is 3.47. The SMILES string of the molecule is CN(C)C=Nc1c(Cl)cc(NCc2ccc(N(C)C)cc2Cl)cc1Cl. The van der Waals surface area contributed by atoms with E-state index >= 15 is 0 Å².